The predicted molar refractivity (Wildman–Crippen MR) is 112 cm³/mol. The summed E-state index contributed by atoms with van der Waals surface area (Å²) >= 11 is 0. The Kier molecular flexibility index (Phi) is 6.59. The van der Waals surface area contributed by atoms with Gasteiger partial charge < -0.3 is 10.1 Å². The molecule has 3 rings (SSSR count). The van der Waals surface area contributed by atoms with E-state index in [0.29, 0.717) is 24.6 Å². The highest BCUT2D eigenvalue weighted by molar-refractivity contribution is 7.89. The van der Waals surface area contributed by atoms with Crippen molar-refractivity contribution in [3.63, 3.8) is 0 Å². The fourth-order valence-corrected chi connectivity index (χ4v) is 4.94. The van der Waals surface area contributed by atoms with Crippen LogP contribution < -0.4 is 10.1 Å². The molecule has 1 amide bonds. The molecule has 1 aliphatic rings. The van der Waals surface area contributed by atoms with Crippen LogP contribution in [0.1, 0.15) is 48.7 Å². The van der Waals surface area contributed by atoms with Crippen molar-refractivity contribution in [2.75, 3.05) is 20.2 Å². The lowest BCUT2D eigenvalue weighted by atomic mass is 10.0. The van der Waals surface area contributed by atoms with E-state index in [9.17, 15) is 13.2 Å². The Balaban J connectivity index is 1.73. The van der Waals surface area contributed by atoms with E-state index in [1.165, 1.54) is 10.4 Å². The molecule has 1 N–H and O–H groups in total. The largest absolute Gasteiger partial charge is 0.497 e. The van der Waals surface area contributed by atoms with E-state index in [1.54, 1.807) is 25.3 Å². The number of amides is 1. The van der Waals surface area contributed by atoms with E-state index in [-0.39, 0.29) is 16.8 Å². The maximum absolute atomic E-state index is 13.0. The van der Waals surface area contributed by atoms with Gasteiger partial charge in [0.25, 0.3) is 5.91 Å². The summed E-state index contributed by atoms with van der Waals surface area (Å²) in [4.78, 5) is 12.9. The van der Waals surface area contributed by atoms with E-state index < -0.39 is 10.0 Å². The molecular weight excluding hydrogens is 388 g/mol. The van der Waals surface area contributed by atoms with Crippen molar-refractivity contribution in [2.24, 2.45) is 5.92 Å². The number of methoxy groups -OCH3 is 1. The number of sulfonamides is 1. The highest BCUT2D eigenvalue weighted by Gasteiger charge is 2.28. The van der Waals surface area contributed by atoms with E-state index in [4.69, 9.17) is 4.74 Å². The van der Waals surface area contributed by atoms with Crippen molar-refractivity contribution < 1.29 is 17.9 Å². The van der Waals surface area contributed by atoms with Gasteiger partial charge in [0.2, 0.25) is 10.0 Å². The molecule has 0 aliphatic carbocycles. The van der Waals surface area contributed by atoms with Crippen LogP contribution >= 0.6 is 0 Å². The van der Waals surface area contributed by atoms with Gasteiger partial charge in [0, 0.05) is 18.7 Å². The van der Waals surface area contributed by atoms with E-state index in [1.807, 2.05) is 31.2 Å². The zero-order valence-corrected chi connectivity index (χ0v) is 17.9. The van der Waals surface area contributed by atoms with Crippen LogP contribution in [0.3, 0.4) is 0 Å². The number of hydrogen-bond acceptors (Lipinski definition) is 4. The molecule has 0 saturated carbocycles. The van der Waals surface area contributed by atoms with Gasteiger partial charge in [-0.2, -0.15) is 4.31 Å². The van der Waals surface area contributed by atoms with Crippen LogP contribution in [0.5, 0.6) is 5.75 Å². The number of nitrogens with one attached hydrogen (secondary N) is 1. The third kappa shape index (κ3) is 4.97. The van der Waals surface area contributed by atoms with Crippen molar-refractivity contribution in [3.05, 3.63) is 59.7 Å². The maximum Gasteiger partial charge on any atom is 0.251 e. The van der Waals surface area contributed by atoms with Crippen LogP contribution in [0.15, 0.2) is 53.4 Å². The second kappa shape index (κ2) is 8.97. The van der Waals surface area contributed by atoms with Crippen LogP contribution in [0.4, 0.5) is 0 Å². The molecule has 29 heavy (non-hydrogen) atoms. The molecule has 0 aromatic heterocycles. The number of piperidine rings is 1. The van der Waals surface area contributed by atoms with Crippen molar-refractivity contribution in [1.82, 2.24) is 9.62 Å². The Morgan fingerprint density at radius 3 is 2.41 bits per heavy atom. The summed E-state index contributed by atoms with van der Waals surface area (Å²) in [6, 6.07) is 13.5. The van der Waals surface area contributed by atoms with Gasteiger partial charge in [0.1, 0.15) is 5.75 Å². The lowest BCUT2D eigenvalue weighted by molar-refractivity contribution is 0.0939. The normalized spacial score (nSPS) is 16.9. The fraction of sp³-hybridized carbons (Fsp3) is 0.409. The molecule has 1 saturated heterocycles. The number of nitrogens with zero attached hydrogens (tertiary/aromatic N) is 1. The van der Waals surface area contributed by atoms with Gasteiger partial charge in [0.15, 0.2) is 0 Å². The van der Waals surface area contributed by atoms with Crippen LogP contribution in [-0.2, 0) is 10.0 Å². The molecule has 1 atom stereocenters. The molecule has 156 valence electrons. The highest BCUT2D eigenvalue weighted by atomic mass is 32.2. The third-order valence-corrected chi connectivity index (χ3v) is 7.33. The summed E-state index contributed by atoms with van der Waals surface area (Å²) in [5, 5.41) is 2.93. The molecule has 1 unspecified atom stereocenters. The molecule has 2 aromatic rings. The molecule has 1 aliphatic heterocycles. The first-order valence-electron chi connectivity index (χ1n) is 9.86. The Bertz CT molecular complexity index is 949. The Morgan fingerprint density at radius 1 is 1.14 bits per heavy atom. The van der Waals surface area contributed by atoms with Gasteiger partial charge >= 0.3 is 0 Å². The minimum absolute atomic E-state index is 0.164. The number of carbonyl (C=O) groups is 1. The number of hydrogen-bond donors (Lipinski definition) is 1. The average molecular weight is 417 g/mol. The van der Waals surface area contributed by atoms with E-state index in [2.05, 4.69) is 12.2 Å². The number of benzene rings is 2. The maximum atomic E-state index is 13.0. The van der Waals surface area contributed by atoms with E-state index in [0.717, 1.165) is 24.2 Å². The molecule has 7 heteroatoms. The van der Waals surface area contributed by atoms with Gasteiger partial charge in [-0.3, -0.25) is 4.79 Å². The zero-order chi connectivity index (χ0) is 21.0. The van der Waals surface area contributed by atoms with Crippen molar-refractivity contribution in [3.8, 4) is 5.75 Å². The minimum atomic E-state index is -3.59. The Morgan fingerprint density at radius 2 is 1.79 bits per heavy atom. The van der Waals surface area contributed by atoms with Gasteiger partial charge in [0.05, 0.1) is 18.0 Å². The van der Waals surface area contributed by atoms with Gasteiger partial charge in [-0.15, -0.1) is 0 Å². The summed E-state index contributed by atoms with van der Waals surface area (Å²) in [6.45, 7) is 5.07. The van der Waals surface area contributed by atoms with Crippen LogP contribution in [0.25, 0.3) is 0 Å². The minimum Gasteiger partial charge on any atom is -0.497 e. The van der Waals surface area contributed by atoms with Crippen molar-refractivity contribution in [1.29, 1.82) is 0 Å². The Hall–Kier alpha value is -2.38. The summed E-state index contributed by atoms with van der Waals surface area (Å²) < 4.78 is 32.6. The second-order valence-corrected chi connectivity index (χ2v) is 9.52. The predicted octanol–water partition coefficient (Wildman–Crippen LogP) is 3.61. The average Bonchev–Trinajstić information content (AvgIpc) is 2.74. The fourth-order valence-electron chi connectivity index (χ4n) is 3.43. The number of rotatable bonds is 6. The van der Waals surface area contributed by atoms with Crippen LogP contribution in [0, 0.1) is 5.92 Å². The summed E-state index contributed by atoms with van der Waals surface area (Å²) in [5.41, 5.74) is 1.27. The lowest BCUT2D eigenvalue weighted by Crippen LogP contribution is -2.38. The summed E-state index contributed by atoms with van der Waals surface area (Å²) in [6.07, 6.45) is 1.72. The van der Waals surface area contributed by atoms with Gasteiger partial charge in [-0.25, -0.2) is 8.42 Å². The van der Waals surface area contributed by atoms with Crippen molar-refractivity contribution >= 4 is 15.9 Å². The molecule has 0 spiro atoms. The summed E-state index contributed by atoms with van der Waals surface area (Å²) in [5.74, 6) is 0.980. The molecule has 1 heterocycles. The molecule has 0 bridgehead atoms. The first kappa shape index (κ1) is 21.3. The molecule has 2 aromatic carbocycles. The Labute approximate surface area is 172 Å². The molecular formula is C22H28N2O4S. The SMILES string of the molecule is COc1ccc(C(C)NC(=O)c2cccc(S(=O)(=O)N3CCC(C)CC3)c2)cc1. The van der Waals surface area contributed by atoms with Crippen molar-refractivity contribution in [2.45, 2.75) is 37.6 Å². The second-order valence-electron chi connectivity index (χ2n) is 7.58. The first-order valence-corrected chi connectivity index (χ1v) is 11.3. The zero-order valence-electron chi connectivity index (χ0n) is 17.1. The third-order valence-electron chi connectivity index (χ3n) is 5.44. The monoisotopic (exact) mass is 416 g/mol. The smallest absolute Gasteiger partial charge is 0.251 e. The first-order chi connectivity index (χ1) is 13.8. The topological polar surface area (TPSA) is 75.7 Å². The quantitative estimate of drug-likeness (QED) is 0.781. The van der Waals surface area contributed by atoms with Gasteiger partial charge in [-0.05, 0) is 61.6 Å². The van der Waals surface area contributed by atoms with Gasteiger partial charge in [-0.1, -0.05) is 25.1 Å². The lowest BCUT2D eigenvalue weighted by Gasteiger charge is -2.29. The molecule has 6 nitrogen and oxygen atoms in total. The molecule has 1 fully saturated rings. The van der Waals surface area contributed by atoms with Crippen LogP contribution in [-0.4, -0.2) is 38.8 Å². The standard InChI is InChI=1S/C22H28N2O4S/c1-16-11-13-24(14-12-16)29(26,27)21-6-4-5-19(15-21)22(25)23-17(2)18-7-9-20(28-3)10-8-18/h4-10,15-17H,11-14H2,1-3H3,(H,23,25). The van der Waals surface area contributed by atoms with E-state index >= 15 is 0 Å². The van der Waals surface area contributed by atoms with Crippen LogP contribution in [0.2, 0.25) is 0 Å². The number of carbonyl (C=O) groups excluding carboxylic acids is 1. The highest BCUT2D eigenvalue weighted by Crippen LogP contribution is 2.24. The number of ether oxygens (including phenoxy) is 1. The molecule has 0 radical (unpaired) electrons. The summed E-state index contributed by atoms with van der Waals surface area (Å²) in [7, 11) is -1.99.